The van der Waals surface area contributed by atoms with Gasteiger partial charge < -0.3 is 5.32 Å². The number of carbonyl (C=O) groups excluding carboxylic acids is 1. The topological polar surface area (TPSA) is 65.8 Å². The Morgan fingerprint density at radius 3 is 2.74 bits per heavy atom. The van der Waals surface area contributed by atoms with Crippen LogP contribution in [0.2, 0.25) is 0 Å². The molecule has 0 aliphatic heterocycles. The molecule has 2 rings (SSSR count). The number of carbonyl (C=O) groups is 1. The Hall–Kier alpha value is -2.52. The predicted octanol–water partition coefficient (Wildman–Crippen LogP) is 3.77. The summed E-state index contributed by atoms with van der Waals surface area (Å²) in [6.07, 6.45) is 1.38. The van der Waals surface area contributed by atoms with Crippen LogP contribution < -0.4 is 5.32 Å². The van der Waals surface area contributed by atoms with Crippen LogP contribution >= 0.6 is 15.9 Å². The Morgan fingerprint density at radius 2 is 2.09 bits per heavy atom. The molecule has 1 aromatic carbocycles. The van der Waals surface area contributed by atoms with E-state index in [9.17, 15) is 14.4 Å². The first-order valence-electron chi connectivity index (χ1n) is 6.81. The van der Waals surface area contributed by atoms with Crippen molar-refractivity contribution < 1.29 is 9.18 Å². The summed E-state index contributed by atoms with van der Waals surface area (Å²) in [5.41, 5.74) is 0.738. The van der Waals surface area contributed by atoms with Crippen LogP contribution in [0.3, 0.4) is 0 Å². The Bertz CT molecular complexity index is 798. The zero-order chi connectivity index (χ0) is 16.8. The Balaban J connectivity index is 2.18. The van der Waals surface area contributed by atoms with Gasteiger partial charge in [-0.25, -0.2) is 9.37 Å². The van der Waals surface area contributed by atoms with E-state index in [0.29, 0.717) is 15.9 Å². The largest absolute Gasteiger partial charge is 0.345 e. The van der Waals surface area contributed by atoms with Crippen molar-refractivity contribution in [2.24, 2.45) is 0 Å². The molecule has 0 saturated heterocycles. The second-order valence-corrected chi connectivity index (χ2v) is 5.58. The van der Waals surface area contributed by atoms with E-state index in [1.54, 1.807) is 43.3 Å². The van der Waals surface area contributed by atoms with Crippen LogP contribution in [0.25, 0.3) is 6.08 Å². The van der Waals surface area contributed by atoms with E-state index >= 15 is 0 Å². The second kappa shape index (κ2) is 7.65. The number of pyridine rings is 1. The average Bonchev–Trinajstić information content (AvgIpc) is 2.52. The quantitative estimate of drug-likeness (QED) is 0.503. The maximum atomic E-state index is 13.7. The first kappa shape index (κ1) is 16.8. The summed E-state index contributed by atoms with van der Waals surface area (Å²) in [6.45, 7) is 1.66. The molecule has 0 aliphatic carbocycles. The fraction of sp³-hybridized carbons (Fsp3) is 0.118. The maximum absolute atomic E-state index is 13.7. The summed E-state index contributed by atoms with van der Waals surface area (Å²) in [6, 6.07) is 12.6. The minimum atomic E-state index is -0.579. The molecule has 4 nitrogen and oxygen atoms in total. The van der Waals surface area contributed by atoms with Crippen LogP contribution in [-0.2, 0) is 4.79 Å². The zero-order valence-corrected chi connectivity index (χ0v) is 13.8. The van der Waals surface area contributed by atoms with Crippen LogP contribution in [0.1, 0.15) is 24.2 Å². The van der Waals surface area contributed by atoms with Gasteiger partial charge in [0, 0.05) is 5.56 Å². The van der Waals surface area contributed by atoms with E-state index in [1.807, 2.05) is 6.07 Å². The zero-order valence-electron chi connectivity index (χ0n) is 12.3. The minimum Gasteiger partial charge on any atom is -0.345 e. The van der Waals surface area contributed by atoms with Crippen molar-refractivity contribution in [2.75, 3.05) is 0 Å². The predicted molar refractivity (Wildman–Crippen MR) is 88.5 cm³/mol. The fourth-order valence-corrected chi connectivity index (χ4v) is 2.34. The van der Waals surface area contributed by atoms with Gasteiger partial charge in [0.2, 0.25) is 0 Å². The fourth-order valence-electron chi connectivity index (χ4n) is 1.98. The summed E-state index contributed by atoms with van der Waals surface area (Å²) >= 11 is 3.22. The molecule has 0 bridgehead atoms. The third kappa shape index (κ3) is 4.47. The molecule has 1 aromatic heterocycles. The summed E-state index contributed by atoms with van der Waals surface area (Å²) in [4.78, 5) is 16.3. The van der Waals surface area contributed by atoms with Gasteiger partial charge in [-0.3, -0.25) is 4.79 Å². The number of nitriles is 1. The lowest BCUT2D eigenvalue weighted by molar-refractivity contribution is -0.117. The number of halogens is 2. The average molecular weight is 374 g/mol. The van der Waals surface area contributed by atoms with Crippen LogP contribution in [0.5, 0.6) is 0 Å². The van der Waals surface area contributed by atoms with Crippen LogP contribution in [0.4, 0.5) is 4.39 Å². The lowest BCUT2D eigenvalue weighted by Gasteiger charge is -2.14. The number of hydrogen-bond donors (Lipinski definition) is 1. The third-order valence-corrected chi connectivity index (χ3v) is 3.55. The highest BCUT2D eigenvalue weighted by molar-refractivity contribution is 9.10. The molecule has 6 heteroatoms. The summed E-state index contributed by atoms with van der Waals surface area (Å²) < 4.78 is 14.3. The number of hydrogen-bond acceptors (Lipinski definition) is 3. The maximum Gasteiger partial charge on any atom is 0.262 e. The molecule has 0 spiro atoms. The standard InChI is InChI=1S/C17H13BrFN3O/c1-11(14-6-2-3-7-15(14)19)21-17(23)12(10-20)9-13-5-4-8-16(18)22-13/h2-9,11H,1H3,(H,21,23)/t11-/m0/s1. The van der Waals surface area contributed by atoms with Crippen molar-refractivity contribution in [3.8, 4) is 6.07 Å². The van der Waals surface area contributed by atoms with Crippen molar-refractivity contribution in [2.45, 2.75) is 13.0 Å². The van der Waals surface area contributed by atoms with Gasteiger partial charge in [0.15, 0.2) is 0 Å². The van der Waals surface area contributed by atoms with Crippen molar-refractivity contribution >= 4 is 27.9 Å². The van der Waals surface area contributed by atoms with Crippen molar-refractivity contribution in [3.63, 3.8) is 0 Å². The number of aromatic nitrogens is 1. The number of nitrogens with zero attached hydrogens (tertiary/aromatic N) is 2. The highest BCUT2D eigenvalue weighted by Gasteiger charge is 2.16. The molecule has 0 saturated carbocycles. The molecule has 1 amide bonds. The summed E-state index contributed by atoms with van der Waals surface area (Å²) in [5.74, 6) is -0.985. The first-order valence-corrected chi connectivity index (χ1v) is 7.60. The number of nitrogens with one attached hydrogen (secondary N) is 1. The number of benzene rings is 1. The molecule has 2 aromatic rings. The molecule has 0 aliphatic rings. The SMILES string of the molecule is C[C@H](NC(=O)C(C#N)=Cc1cccc(Br)n1)c1ccccc1F. The van der Waals surface area contributed by atoms with Crippen molar-refractivity contribution in [1.82, 2.24) is 10.3 Å². The van der Waals surface area contributed by atoms with Crippen molar-refractivity contribution in [1.29, 1.82) is 5.26 Å². The van der Waals surface area contributed by atoms with E-state index in [0.717, 1.165) is 0 Å². The smallest absolute Gasteiger partial charge is 0.262 e. The van der Waals surface area contributed by atoms with E-state index in [1.165, 1.54) is 12.1 Å². The summed E-state index contributed by atoms with van der Waals surface area (Å²) in [5, 5.41) is 11.8. The number of amides is 1. The molecule has 0 unspecified atom stereocenters. The molecule has 1 heterocycles. The molecular formula is C17H13BrFN3O. The lowest BCUT2D eigenvalue weighted by Crippen LogP contribution is -2.28. The minimum absolute atomic E-state index is 0.0983. The van der Waals surface area contributed by atoms with E-state index < -0.39 is 17.8 Å². The second-order valence-electron chi connectivity index (χ2n) is 4.77. The molecule has 23 heavy (non-hydrogen) atoms. The molecule has 1 atom stereocenters. The first-order chi connectivity index (χ1) is 11.0. The highest BCUT2D eigenvalue weighted by Crippen LogP contribution is 2.17. The molecule has 116 valence electrons. The molecule has 1 N–H and O–H groups in total. The Labute approximate surface area is 141 Å². The van der Waals surface area contributed by atoms with E-state index in [4.69, 9.17) is 0 Å². The van der Waals surface area contributed by atoms with E-state index in [-0.39, 0.29) is 5.57 Å². The van der Waals surface area contributed by atoms with Crippen molar-refractivity contribution in [3.05, 3.63) is 69.7 Å². The van der Waals surface area contributed by atoms with Gasteiger partial charge in [0.05, 0.1) is 11.7 Å². The Morgan fingerprint density at radius 1 is 1.35 bits per heavy atom. The van der Waals surface area contributed by atoms with E-state index in [2.05, 4.69) is 26.2 Å². The number of rotatable bonds is 4. The van der Waals surface area contributed by atoms with Crippen LogP contribution in [-0.4, -0.2) is 10.9 Å². The van der Waals surface area contributed by atoms with Gasteiger partial charge >= 0.3 is 0 Å². The molecular weight excluding hydrogens is 361 g/mol. The van der Waals surface area contributed by atoms with Crippen LogP contribution in [0, 0.1) is 17.1 Å². The normalized spacial score (nSPS) is 12.3. The highest BCUT2D eigenvalue weighted by atomic mass is 79.9. The third-order valence-electron chi connectivity index (χ3n) is 3.11. The Kier molecular flexibility index (Phi) is 5.61. The van der Waals surface area contributed by atoms with Crippen LogP contribution in [0.15, 0.2) is 52.6 Å². The van der Waals surface area contributed by atoms with Gasteiger partial charge in [0.25, 0.3) is 5.91 Å². The summed E-state index contributed by atoms with van der Waals surface area (Å²) in [7, 11) is 0. The van der Waals surface area contributed by atoms with Gasteiger partial charge in [-0.1, -0.05) is 24.3 Å². The monoisotopic (exact) mass is 373 g/mol. The van der Waals surface area contributed by atoms with Gasteiger partial charge in [-0.05, 0) is 47.1 Å². The van der Waals surface area contributed by atoms with Gasteiger partial charge in [-0.2, -0.15) is 5.26 Å². The molecule has 0 radical (unpaired) electrons. The van der Waals surface area contributed by atoms with Gasteiger partial charge in [-0.15, -0.1) is 0 Å². The molecule has 0 fully saturated rings. The lowest BCUT2D eigenvalue weighted by atomic mass is 10.1. The van der Waals surface area contributed by atoms with Gasteiger partial charge in [0.1, 0.15) is 22.1 Å².